The van der Waals surface area contributed by atoms with E-state index in [-0.39, 0.29) is 18.4 Å². The average molecular weight is 292 g/mol. The van der Waals surface area contributed by atoms with Crippen LogP contribution in [0.1, 0.15) is 19.4 Å². The number of nitrogens with one attached hydrogen (secondary N) is 1. The summed E-state index contributed by atoms with van der Waals surface area (Å²) in [4.78, 5) is 25.8. The SMILES string of the molecule is COc1cccc(CN2C(=O)[C@H](C)NC(=O)[C@H]2[C@H](C)O)c1. The molecule has 0 aromatic heterocycles. The third-order valence-corrected chi connectivity index (χ3v) is 3.56. The van der Waals surface area contributed by atoms with E-state index < -0.39 is 18.2 Å². The van der Waals surface area contributed by atoms with Crippen LogP contribution in [0.3, 0.4) is 0 Å². The average Bonchev–Trinajstić information content (AvgIpc) is 2.44. The van der Waals surface area contributed by atoms with E-state index in [1.165, 1.54) is 11.8 Å². The first-order valence-electron chi connectivity index (χ1n) is 6.86. The quantitative estimate of drug-likeness (QED) is 0.836. The van der Waals surface area contributed by atoms with Gasteiger partial charge in [0.05, 0.1) is 13.2 Å². The number of rotatable bonds is 4. The Morgan fingerprint density at radius 2 is 2.14 bits per heavy atom. The third-order valence-electron chi connectivity index (χ3n) is 3.56. The van der Waals surface area contributed by atoms with Crippen molar-refractivity contribution < 1.29 is 19.4 Å². The summed E-state index contributed by atoms with van der Waals surface area (Å²) in [5.74, 6) is 0.145. The third kappa shape index (κ3) is 3.16. The van der Waals surface area contributed by atoms with Gasteiger partial charge >= 0.3 is 0 Å². The molecule has 1 aliphatic rings. The van der Waals surface area contributed by atoms with E-state index in [1.807, 2.05) is 24.3 Å². The Morgan fingerprint density at radius 3 is 2.76 bits per heavy atom. The topological polar surface area (TPSA) is 78.9 Å². The van der Waals surface area contributed by atoms with Crippen LogP contribution in [0, 0.1) is 0 Å². The molecule has 1 fully saturated rings. The fourth-order valence-electron chi connectivity index (χ4n) is 2.51. The van der Waals surface area contributed by atoms with Gasteiger partial charge < -0.3 is 20.1 Å². The van der Waals surface area contributed by atoms with Crippen LogP contribution in [0.4, 0.5) is 0 Å². The van der Waals surface area contributed by atoms with E-state index in [2.05, 4.69) is 5.32 Å². The second-order valence-corrected chi connectivity index (χ2v) is 5.23. The van der Waals surface area contributed by atoms with E-state index in [0.717, 1.165) is 5.56 Å². The van der Waals surface area contributed by atoms with E-state index in [0.29, 0.717) is 5.75 Å². The molecule has 1 aromatic carbocycles. The predicted octanol–water partition coefficient (Wildman–Crippen LogP) is 0.291. The number of aliphatic hydroxyl groups excluding tert-OH is 1. The van der Waals surface area contributed by atoms with Crippen molar-refractivity contribution in [3.05, 3.63) is 29.8 Å². The molecule has 2 amide bonds. The summed E-state index contributed by atoms with van der Waals surface area (Å²) < 4.78 is 5.16. The summed E-state index contributed by atoms with van der Waals surface area (Å²) in [5.41, 5.74) is 0.843. The van der Waals surface area contributed by atoms with Gasteiger partial charge in [0.2, 0.25) is 11.8 Å². The molecule has 3 atom stereocenters. The lowest BCUT2D eigenvalue weighted by molar-refractivity contribution is -0.153. The molecule has 2 rings (SSSR count). The van der Waals surface area contributed by atoms with E-state index in [4.69, 9.17) is 4.74 Å². The Kier molecular flexibility index (Phi) is 4.47. The van der Waals surface area contributed by atoms with Gasteiger partial charge in [0.15, 0.2) is 0 Å². The van der Waals surface area contributed by atoms with Gasteiger partial charge in [-0.3, -0.25) is 9.59 Å². The molecule has 0 aliphatic carbocycles. The number of amides is 2. The molecule has 0 radical (unpaired) electrons. The highest BCUT2D eigenvalue weighted by molar-refractivity contribution is 5.97. The smallest absolute Gasteiger partial charge is 0.246 e. The monoisotopic (exact) mass is 292 g/mol. The largest absolute Gasteiger partial charge is 0.497 e. The summed E-state index contributed by atoms with van der Waals surface area (Å²) in [6.07, 6.45) is -0.938. The number of carbonyl (C=O) groups is 2. The summed E-state index contributed by atoms with van der Waals surface area (Å²) in [6.45, 7) is 3.40. The Hall–Kier alpha value is -2.08. The number of ether oxygens (including phenoxy) is 1. The molecule has 1 heterocycles. The Bertz CT molecular complexity index is 544. The number of aliphatic hydroxyl groups is 1. The van der Waals surface area contributed by atoms with Gasteiger partial charge in [-0.05, 0) is 31.5 Å². The van der Waals surface area contributed by atoms with Gasteiger partial charge in [0.25, 0.3) is 0 Å². The van der Waals surface area contributed by atoms with Gasteiger partial charge in [0, 0.05) is 6.54 Å². The lowest BCUT2D eigenvalue weighted by Gasteiger charge is -2.39. The lowest BCUT2D eigenvalue weighted by atomic mass is 10.0. The molecular weight excluding hydrogens is 272 g/mol. The van der Waals surface area contributed by atoms with E-state index in [1.54, 1.807) is 14.0 Å². The van der Waals surface area contributed by atoms with Crippen molar-refractivity contribution in [2.75, 3.05) is 7.11 Å². The number of methoxy groups -OCH3 is 1. The first-order chi connectivity index (χ1) is 9.93. The van der Waals surface area contributed by atoms with E-state index in [9.17, 15) is 14.7 Å². The number of hydrogen-bond acceptors (Lipinski definition) is 4. The Labute approximate surface area is 123 Å². The van der Waals surface area contributed by atoms with Crippen LogP contribution < -0.4 is 10.1 Å². The molecule has 114 valence electrons. The van der Waals surface area contributed by atoms with Crippen LogP contribution in [-0.4, -0.2) is 47.1 Å². The second-order valence-electron chi connectivity index (χ2n) is 5.23. The molecule has 6 nitrogen and oxygen atoms in total. The van der Waals surface area contributed by atoms with Crippen LogP contribution in [0.2, 0.25) is 0 Å². The van der Waals surface area contributed by atoms with Crippen LogP contribution in [-0.2, 0) is 16.1 Å². The molecular formula is C15H20N2O4. The molecule has 0 spiro atoms. The van der Waals surface area contributed by atoms with Gasteiger partial charge in [-0.25, -0.2) is 0 Å². The Morgan fingerprint density at radius 1 is 1.43 bits per heavy atom. The van der Waals surface area contributed by atoms with Crippen LogP contribution in [0.5, 0.6) is 5.75 Å². The normalized spacial score (nSPS) is 23.7. The van der Waals surface area contributed by atoms with Crippen molar-refractivity contribution in [3.63, 3.8) is 0 Å². The summed E-state index contributed by atoms with van der Waals surface area (Å²) in [5, 5.41) is 12.4. The molecule has 6 heteroatoms. The highest BCUT2D eigenvalue weighted by Gasteiger charge is 2.40. The first kappa shape index (κ1) is 15.3. The summed E-state index contributed by atoms with van der Waals surface area (Å²) >= 11 is 0. The highest BCUT2D eigenvalue weighted by Crippen LogP contribution is 2.20. The predicted molar refractivity (Wildman–Crippen MR) is 76.6 cm³/mol. The highest BCUT2D eigenvalue weighted by atomic mass is 16.5. The molecule has 1 aromatic rings. The minimum atomic E-state index is -0.938. The maximum atomic E-state index is 12.3. The van der Waals surface area contributed by atoms with Crippen molar-refractivity contribution in [2.45, 2.75) is 38.6 Å². The molecule has 21 heavy (non-hydrogen) atoms. The van der Waals surface area contributed by atoms with Crippen LogP contribution in [0.15, 0.2) is 24.3 Å². The summed E-state index contributed by atoms with van der Waals surface area (Å²) in [6, 6.07) is 5.83. The van der Waals surface area contributed by atoms with Crippen molar-refractivity contribution in [1.82, 2.24) is 10.2 Å². The standard InChI is InChI=1S/C15H20N2O4/c1-9-15(20)17(13(10(2)18)14(19)16-9)8-11-5-4-6-12(7-11)21-3/h4-7,9-10,13,18H,8H2,1-3H3,(H,16,19)/t9-,10-,13+/m0/s1. The zero-order valence-electron chi connectivity index (χ0n) is 12.4. The number of piperazine rings is 1. The molecule has 1 aliphatic heterocycles. The minimum absolute atomic E-state index is 0.205. The van der Waals surface area contributed by atoms with Gasteiger partial charge in [-0.15, -0.1) is 0 Å². The van der Waals surface area contributed by atoms with Gasteiger partial charge in [-0.2, -0.15) is 0 Å². The van der Waals surface area contributed by atoms with Crippen LogP contribution in [0.25, 0.3) is 0 Å². The molecule has 0 saturated carbocycles. The fraction of sp³-hybridized carbons (Fsp3) is 0.467. The Balaban J connectivity index is 2.28. The number of benzene rings is 1. The van der Waals surface area contributed by atoms with Gasteiger partial charge in [-0.1, -0.05) is 12.1 Å². The van der Waals surface area contributed by atoms with E-state index >= 15 is 0 Å². The fourth-order valence-corrected chi connectivity index (χ4v) is 2.51. The van der Waals surface area contributed by atoms with Crippen molar-refractivity contribution in [1.29, 1.82) is 0 Å². The maximum absolute atomic E-state index is 12.3. The van der Waals surface area contributed by atoms with Crippen LogP contribution >= 0.6 is 0 Å². The number of hydrogen-bond donors (Lipinski definition) is 2. The number of carbonyl (C=O) groups excluding carboxylic acids is 2. The lowest BCUT2D eigenvalue weighted by Crippen LogP contribution is -2.65. The molecule has 1 saturated heterocycles. The second kappa shape index (κ2) is 6.13. The molecule has 0 bridgehead atoms. The van der Waals surface area contributed by atoms with Gasteiger partial charge in [0.1, 0.15) is 17.8 Å². The van der Waals surface area contributed by atoms with Crippen molar-refractivity contribution >= 4 is 11.8 Å². The first-order valence-corrected chi connectivity index (χ1v) is 6.86. The zero-order chi connectivity index (χ0) is 15.6. The molecule has 2 N–H and O–H groups in total. The van der Waals surface area contributed by atoms with Crippen molar-refractivity contribution in [3.8, 4) is 5.75 Å². The summed E-state index contributed by atoms with van der Waals surface area (Å²) in [7, 11) is 1.57. The zero-order valence-corrected chi connectivity index (χ0v) is 12.4. The van der Waals surface area contributed by atoms with Crippen molar-refractivity contribution in [2.24, 2.45) is 0 Å². The minimum Gasteiger partial charge on any atom is -0.497 e. The maximum Gasteiger partial charge on any atom is 0.246 e. The number of nitrogens with zero attached hydrogens (tertiary/aromatic N) is 1. The molecule has 0 unspecified atom stereocenters.